The van der Waals surface area contributed by atoms with Crippen molar-refractivity contribution >= 4 is 28.9 Å². The van der Waals surface area contributed by atoms with E-state index < -0.39 is 0 Å². The molecule has 2 radical (unpaired) electrons. The predicted octanol–water partition coefficient (Wildman–Crippen LogP) is -1.18. The number of nitrogens with one attached hydrogen (secondary N) is 1. The largest absolute Gasteiger partial charge is 0.289 e. The van der Waals surface area contributed by atoms with Gasteiger partial charge in [0.25, 0.3) is 11.8 Å². The Bertz CT molecular complexity index is 136. The van der Waals surface area contributed by atoms with Gasteiger partial charge in [0, 0.05) is 29.2 Å². The van der Waals surface area contributed by atoms with Crippen molar-refractivity contribution < 1.29 is 9.59 Å². The van der Waals surface area contributed by atoms with Gasteiger partial charge in [-0.2, -0.15) is 0 Å². The Hall–Kier alpha value is -0.601. The van der Waals surface area contributed by atoms with Crippen LogP contribution < -0.4 is 5.32 Å². The molecule has 0 fully saturated rings. The summed E-state index contributed by atoms with van der Waals surface area (Å²) < 4.78 is 0. The Morgan fingerprint density at radius 2 is 1.50 bits per heavy atom. The van der Waals surface area contributed by atoms with Crippen molar-refractivity contribution in [2.24, 2.45) is 0 Å². The number of carbonyl (C=O) groups is 2. The van der Waals surface area contributed by atoms with E-state index in [-0.39, 0.29) is 28.9 Å². The van der Waals surface area contributed by atoms with Gasteiger partial charge in [-0.1, -0.05) is 0 Å². The van der Waals surface area contributed by atoms with Crippen LogP contribution in [0.4, 0.5) is 0 Å². The summed E-state index contributed by atoms with van der Waals surface area (Å²) in [4.78, 5) is 20.1. The molecular weight excluding hydrogens is 173 g/mol. The molecule has 0 atom stereocenters. The molecule has 0 aromatic rings. The van der Waals surface area contributed by atoms with E-state index in [2.05, 4.69) is 0 Å². The molecule has 8 heavy (non-hydrogen) atoms. The van der Waals surface area contributed by atoms with E-state index in [1.807, 2.05) is 5.32 Å². The molecule has 1 N–H and O–H groups in total. The first-order valence-electron chi connectivity index (χ1n) is 1.82. The van der Waals surface area contributed by atoms with E-state index in [0.717, 1.165) is 0 Å². The minimum atomic E-state index is -0.329. The van der Waals surface area contributed by atoms with E-state index in [1.54, 1.807) is 0 Å². The first kappa shape index (κ1) is 7.40. The van der Waals surface area contributed by atoms with Gasteiger partial charge in [0.1, 0.15) is 0 Å². The summed E-state index contributed by atoms with van der Waals surface area (Å²) in [6.45, 7) is 0. The molecule has 2 amide bonds. The zero-order valence-corrected chi connectivity index (χ0v) is 5.59. The Kier molecular flexibility index (Phi) is 2.45. The molecule has 0 saturated carbocycles. The number of hydrogen-bond acceptors (Lipinski definition) is 2. The smallest absolute Gasteiger partial charge is 0.250 e. The quantitative estimate of drug-likeness (QED) is 0.373. The van der Waals surface area contributed by atoms with Crippen molar-refractivity contribution in [1.82, 2.24) is 5.32 Å². The zero-order chi connectivity index (χ0) is 5.28. The Balaban J connectivity index is 0.000000490. The Labute approximate surface area is 56.6 Å². The SMILES string of the molecule is O=C1C=CC(=O)N1.[Se]. The monoisotopic (exact) mass is 177 g/mol. The minimum Gasteiger partial charge on any atom is -0.289 e. The third kappa shape index (κ3) is 1.48. The topological polar surface area (TPSA) is 46.2 Å². The van der Waals surface area contributed by atoms with Crippen molar-refractivity contribution in [2.45, 2.75) is 0 Å². The summed E-state index contributed by atoms with van der Waals surface area (Å²) in [5, 5.41) is 2.03. The number of carbonyl (C=O) groups excluding carboxylic acids is 2. The van der Waals surface area contributed by atoms with Crippen LogP contribution in [0.3, 0.4) is 0 Å². The molecule has 4 heteroatoms. The molecule has 0 unspecified atom stereocenters. The van der Waals surface area contributed by atoms with Gasteiger partial charge in [-0.05, 0) is 0 Å². The van der Waals surface area contributed by atoms with E-state index in [4.69, 9.17) is 0 Å². The van der Waals surface area contributed by atoms with E-state index >= 15 is 0 Å². The average molecular weight is 176 g/mol. The summed E-state index contributed by atoms with van der Waals surface area (Å²) >= 11 is 0. The van der Waals surface area contributed by atoms with Crippen LogP contribution >= 0.6 is 0 Å². The summed E-state index contributed by atoms with van der Waals surface area (Å²) in [5.74, 6) is -0.657. The fourth-order valence-electron chi connectivity index (χ4n) is 0.356. The van der Waals surface area contributed by atoms with Crippen LogP contribution in [0.1, 0.15) is 0 Å². The Morgan fingerprint density at radius 3 is 1.62 bits per heavy atom. The second-order valence-electron chi connectivity index (χ2n) is 1.19. The van der Waals surface area contributed by atoms with Crippen LogP contribution in [0.15, 0.2) is 12.2 Å². The van der Waals surface area contributed by atoms with Crippen LogP contribution in [0.5, 0.6) is 0 Å². The van der Waals surface area contributed by atoms with Gasteiger partial charge >= 0.3 is 0 Å². The molecule has 1 rings (SSSR count). The van der Waals surface area contributed by atoms with Gasteiger partial charge in [0.2, 0.25) is 0 Å². The van der Waals surface area contributed by atoms with Crippen LogP contribution in [0, 0.1) is 0 Å². The molecule has 1 aliphatic heterocycles. The average Bonchev–Trinajstić information content (AvgIpc) is 1.87. The Morgan fingerprint density at radius 1 is 1.12 bits per heavy atom. The fraction of sp³-hybridized carbons (Fsp3) is 0. The van der Waals surface area contributed by atoms with Crippen LogP contribution in [-0.4, -0.2) is 28.9 Å². The van der Waals surface area contributed by atoms with Gasteiger partial charge in [-0.25, -0.2) is 0 Å². The van der Waals surface area contributed by atoms with Crippen LogP contribution in [0.2, 0.25) is 0 Å². The fourth-order valence-corrected chi connectivity index (χ4v) is 0.356. The van der Waals surface area contributed by atoms with Crippen molar-refractivity contribution in [3.63, 3.8) is 0 Å². The second-order valence-corrected chi connectivity index (χ2v) is 1.19. The van der Waals surface area contributed by atoms with Crippen LogP contribution in [0.25, 0.3) is 0 Å². The third-order valence-corrected chi connectivity index (χ3v) is 0.632. The standard InChI is InChI=1S/C4H3NO2.Se/c6-3-1-2-4(7)5-3;/h1-2H,(H,5,6,7);. The molecule has 3 nitrogen and oxygen atoms in total. The predicted molar refractivity (Wildman–Crippen MR) is 28.0 cm³/mol. The van der Waals surface area contributed by atoms with E-state index in [1.165, 1.54) is 12.2 Å². The normalized spacial score (nSPS) is 15.5. The molecule has 42 valence electrons. The molecule has 0 aliphatic carbocycles. The van der Waals surface area contributed by atoms with Crippen molar-refractivity contribution in [3.8, 4) is 0 Å². The summed E-state index contributed by atoms with van der Waals surface area (Å²) in [5.41, 5.74) is 0. The molecule has 0 aromatic heterocycles. The maximum absolute atomic E-state index is 10.0. The summed E-state index contributed by atoms with van der Waals surface area (Å²) in [6, 6.07) is 0. The maximum atomic E-state index is 10.0. The van der Waals surface area contributed by atoms with Gasteiger partial charge in [-0.3, -0.25) is 14.9 Å². The number of hydrogen-bond donors (Lipinski definition) is 1. The van der Waals surface area contributed by atoms with Crippen molar-refractivity contribution in [3.05, 3.63) is 12.2 Å². The third-order valence-electron chi connectivity index (χ3n) is 0.632. The molecule has 1 heterocycles. The molecule has 0 aromatic carbocycles. The first-order chi connectivity index (χ1) is 3.29. The number of imide groups is 1. The molecule has 0 spiro atoms. The molecule has 1 aliphatic rings. The van der Waals surface area contributed by atoms with Gasteiger partial charge in [-0.15, -0.1) is 0 Å². The van der Waals surface area contributed by atoms with E-state index in [9.17, 15) is 9.59 Å². The van der Waals surface area contributed by atoms with E-state index in [0.29, 0.717) is 0 Å². The van der Waals surface area contributed by atoms with Crippen molar-refractivity contribution in [1.29, 1.82) is 0 Å². The van der Waals surface area contributed by atoms with Gasteiger partial charge < -0.3 is 0 Å². The molecule has 0 saturated heterocycles. The van der Waals surface area contributed by atoms with Gasteiger partial charge in [0.05, 0.1) is 0 Å². The summed E-state index contributed by atoms with van der Waals surface area (Å²) in [7, 11) is 0. The molecular formula is C4H3NO2Se. The van der Waals surface area contributed by atoms with Gasteiger partial charge in [0.15, 0.2) is 0 Å². The maximum Gasteiger partial charge on any atom is 0.250 e. The zero-order valence-electron chi connectivity index (χ0n) is 3.88. The van der Waals surface area contributed by atoms with Crippen molar-refractivity contribution in [2.75, 3.05) is 0 Å². The second kappa shape index (κ2) is 2.64. The van der Waals surface area contributed by atoms with Crippen LogP contribution in [-0.2, 0) is 9.59 Å². The number of rotatable bonds is 0. The summed E-state index contributed by atoms with van der Waals surface area (Å²) in [6.07, 6.45) is 2.39. The first-order valence-corrected chi connectivity index (χ1v) is 1.82. The molecule has 0 bridgehead atoms. The number of amides is 2. The minimum absolute atomic E-state index is 0.